The first-order chi connectivity index (χ1) is 11.3. The molecule has 1 saturated heterocycles. The second-order valence-electron chi connectivity index (χ2n) is 6.10. The van der Waals surface area contributed by atoms with E-state index in [-0.39, 0.29) is 0 Å². The fourth-order valence-electron chi connectivity index (χ4n) is 3.02. The zero-order chi connectivity index (χ0) is 15.9. The van der Waals surface area contributed by atoms with E-state index in [1.807, 2.05) is 24.3 Å². The molecule has 3 nitrogen and oxygen atoms in total. The summed E-state index contributed by atoms with van der Waals surface area (Å²) in [6.45, 7) is 6.77. The Kier molecular flexibility index (Phi) is 5.67. The van der Waals surface area contributed by atoms with Crippen molar-refractivity contribution < 1.29 is 4.74 Å². The molecule has 0 unspecified atom stereocenters. The fourth-order valence-corrected chi connectivity index (χ4v) is 3.02. The van der Waals surface area contributed by atoms with Crippen LogP contribution in [0.2, 0.25) is 0 Å². The molecule has 2 aromatic rings. The molecule has 1 aliphatic rings. The third-order valence-electron chi connectivity index (χ3n) is 4.50. The second kappa shape index (κ2) is 8.14. The van der Waals surface area contributed by atoms with Gasteiger partial charge in [0.15, 0.2) is 0 Å². The van der Waals surface area contributed by atoms with Crippen LogP contribution < -0.4 is 4.74 Å². The lowest BCUT2D eigenvalue weighted by atomic mass is 10.1. The van der Waals surface area contributed by atoms with Gasteiger partial charge in [-0.2, -0.15) is 0 Å². The van der Waals surface area contributed by atoms with Crippen LogP contribution in [0.25, 0.3) is 0 Å². The Morgan fingerprint density at radius 1 is 0.957 bits per heavy atom. The molecule has 2 aromatic carbocycles. The molecule has 3 rings (SSSR count). The number of ether oxygens (including phenoxy) is 1. The van der Waals surface area contributed by atoms with Gasteiger partial charge in [-0.05, 0) is 35.7 Å². The molecule has 121 valence electrons. The van der Waals surface area contributed by atoms with Crippen molar-refractivity contribution in [2.75, 3.05) is 39.8 Å². The number of piperazine rings is 1. The highest BCUT2D eigenvalue weighted by atomic mass is 16.5. The van der Waals surface area contributed by atoms with Crippen molar-refractivity contribution >= 4 is 0 Å². The van der Waals surface area contributed by atoms with E-state index >= 15 is 0 Å². The van der Waals surface area contributed by atoms with Crippen LogP contribution in [-0.2, 0) is 13.0 Å². The maximum atomic E-state index is 5.21. The molecular weight excluding hydrogens is 284 g/mol. The Morgan fingerprint density at radius 3 is 2.35 bits per heavy atom. The zero-order valence-corrected chi connectivity index (χ0v) is 13.9. The minimum absolute atomic E-state index is 0.927. The summed E-state index contributed by atoms with van der Waals surface area (Å²) in [4.78, 5) is 5.10. The predicted octanol–water partition coefficient (Wildman–Crippen LogP) is 2.86. The third kappa shape index (κ3) is 4.81. The molecule has 0 atom stereocenters. The fraction of sp³-hybridized carbons (Fsp3) is 0.400. The molecule has 1 aliphatic heterocycles. The first-order valence-corrected chi connectivity index (χ1v) is 8.37. The van der Waals surface area contributed by atoms with Crippen LogP contribution in [0.3, 0.4) is 0 Å². The molecule has 0 N–H and O–H groups in total. The van der Waals surface area contributed by atoms with Gasteiger partial charge in [-0.3, -0.25) is 4.90 Å². The van der Waals surface area contributed by atoms with Gasteiger partial charge < -0.3 is 9.64 Å². The summed E-state index contributed by atoms with van der Waals surface area (Å²) < 4.78 is 5.21. The van der Waals surface area contributed by atoms with Gasteiger partial charge in [0, 0.05) is 39.3 Å². The zero-order valence-electron chi connectivity index (χ0n) is 13.9. The standard InChI is InChI=1S/C20H25N2O/c1-23-20-9-7-19(8-10-20)17-22-15-13-21(14-16-22)12-11-18-5-3-2-4-6-18/h2-5,7-10H,11-17H2,1H3. The average Bonchev–Trinajstić information content (AvgIpc) is 2.63. The molecule has 3 heteroatoms. The van der Waals surface area contributed by atoms with Crippen LogP contribution in [0.4, 0.5) is 0 Å². The summed E-state index contributed by atoms with van der Waals surface area (Å²) in [7, 11) is 1.71. The molecule has 0 amide bonds. The van der Waals surface area contributed by atoms with Gasteiger partial charge in [0.05, 0.1) is 7.11 Å². The first-order valence-electron chi connectivity index (χ1n) is 8.37. The Labute approximate surface area is 139 Å². The summed E-state index contributed by atoms with van der Waals surface area (Å²) in [6.07, 6.45) is 1.10. The highest BCUT2D eigenvalue weighted by Crippen LogP contribution is 2.14. The third-order valence-corrected chi connectivity index (χ3v) is 4.50. The quantitative estimate of drug-likeness (QED) is 0.816. The van der Waals surface area contributed by atoms with Gasteiger partial charge in [0.25, 0.3) is 0 Å². The smallest absolute Gasteiger partial charge is 0.118 e. The molecule has 1 fully saturated rings. The van der Waals surface area contributed by atoms with E-state index < -0.39 is 0 Å². The molecule has 0 bridgehead atoms. The minimum atomic E-state index is 0.927. The molecule has 23 heavy (non-hydrogen) atoms. The summed E-state index contributed by atoms with van der Waals surface area (Å²) in [5.41, 5.74) is 2.67. The van der Waals surface area contributed by atoms with Crippen molar-refractivity contribution in [3.8, 4) is 5.75 Å². The summed E-state index contributed by atoms with van der Waals surface area (Å²) in [6, 6.07) is 20.0. The maximum absolute atomic E-state index is 5.21. The van der Waals surface area contributed by atoms with E-state index in [0.717, 1.165) is 51.4 Å². The lowest BCUT2D eigenvalue weighted by Gasteiger charge is -2.34. The Balaban J connectivity index is 1.41. The van der Waals surface area contributed by atoms with Gasteiger partial charge in [-0.15, -0.1) is 0 Å². The average molecular weight is 309 g/mol. The minimum Gasteiger partial charge on any atom is -0.497 e. The van der Waals surface area contributed by atoms with E-state index in [0.29, 0.717) is 0 Å². The van der Waals surface area contributed by atoms with Crippen molar-refractivity contribution in [2.45, 2.75) is 13.0 Å². The molecule has 0 saturated carbocycles. The number of rotatable bonds is 6. The van der Waals surface area contributed by atoms with Gasteiger partial charge in [-0.25, -0.2) is 0 Å². The maximum Gasteiger partial charge on any atom is 0.118 e. The Bertz CT molecular complexity index is 574. The first kappa shape index (κ1) is 16.0. The number of benzene rings is 2. The van der Waals surface area contributed by atoms with Gasteiger partial charge >= 0.3 is 0 Å². The lowest BCUT2D eigenvalue weighted by Crippen LogP contribution is -2.46. The van der Waals surface area contributed by atoms with Crippen LogP contribution in [0.5, 0.6) is 5.75 Å². The summed E-state index contributed by atoms with van der Waals surface area (Å²) in [5.74, 6) is 0.927. The Hall–Kier alpha value is -1.84. The molecule has 1 heterocycles. The molecule has 0 aromatic heterocycles. The predicted molar refractivity (Wildman–Crippen MR) is 93.7 cm³/mol. The summed E-state index contributed by atoms with van der Waals surface area (Å²) >= 11 is 0. The van der Waals surface area contributed by atoms with Crippen LogP contribution in [-0.4, -0.2) is 49.6 Å². The number of hydrogen-bond donors (Lipinski definition) is 0. The summed E-state index contributed by atoms with van der Waals surface area (Å²) in [5, 5.41) is 0. The number of hydrogen-bond acceptors (Lipinski definition) is 3. The highest BCUT2D eigenvalue weighted by Gasteiger charge is 2.16. The second-order valence-corrected chi connectivity index (χ2v) is 6.10. The van der Waals surface area contributed by atoms with Crippen LogP contribution in [0.15, 0.2) is 48.5 Å². The van der Waals surface area contributed by atoms with E-state index in [1.54, 1.807) is 7.11 Å². The number of methoxy groups -OCH3 is 1. The van der Waals surface area contributed by atoms with Gasteiger partial charge in [-0.1, -0.05) is 36.4 Å². The SMILES string of the molecule is COc1ccc(CN2CCN(CCc3[c]cccc3)CC2)cc1. The molecule has 1 radical (unpaired) electrons. The van der Waals surface area contributed by atoms with Crippen molar-refractivity contribution in [3.63, 3.8) is 0 Å². The van der Waals surface area contributed by atoms with Crippen molar-refractivity contribution in [2.24, 2.45) is 0 Å². The lowest BCUT2D eigenvalue weighted by molar-refractivity contribution is 0.128. The molecule has 0 spiro atoms. The number of nitrogens with zero attached hydrogens (tertiary/aromatic N) is 2. The van der Waals surface area contributed by atoms with Gasteiger partial charge in [0.2, 0.25) is 0 Å². The van der Waals surface area contributed by atoms with Crippen LogP contribution >= 0.6 is 0 Å². The molecule has 0 aliphatic carbocycles. The van der Waals surface area contributed by atoms with Crippen molar-refractivity contribution in [3.05, 3.63) is 65.7 Å². The van der Waals surface area contributed by atoms with Crippen LogP contribution in [0.1, 0.15) is 11.1 Å². The van der Waals surface area contributed by atoms with Crippen LogP contribution in [0, 0.1) is 6.07 Å². The van der Waals surface area contributed by atoms with Gasteiger partial charge in [0.1, 0.15) is 5.75 Å². The monoisotopic (exact) mass is 309 g/mol. The Morgan fingerprint density at radius 2 is 1.70 bits per heavy atom. The largest absolute Gasteiger partial charge is 0.497 e. The highest BCUT2D eigenvalue weighted by molar-refractivity contribution is 5.27. The van der Waals surface area contributed by atoms with E-state index in [9.17, 15) is 0 Å². The van der Waals surface area contributed by atoms with E-state index in [1.165, 1.54) is 11.1 Å². The van der Waals surface area contributed by atoms with E-state index in [2.05, 4.69) is 40.1 Å². The van der Waals surface area contributed by atoms with Crippen molar-refractivity contribution in [1.82, 2.24) is 9.80 Å². The van der Waals surface area contributed by atoms with E-state index in [4.69, 9.17) is 4.74 Å². The topological polar surface area (TPSA) is 15.7 Å². The normalized spacial score (nSPS) is 16.4. The van der Waals surface area contributed by atoms with Crippen molar-refractivity contribution in [1.29, 1.82) is 0 Å². The molecular formula is C20H25N2O.